The van der Waals surface area contributed by atoms with Crippen molar-refractivity contribution >= 4 is 16.9 Å². The molecule has 112 valence electrons. The second-order valence-electron chi connectivity index (χ2n) is 4.97. The molecule has 0 aliphatic rings. The Bertz CT molecular complexity index is 837. The van der Waals surface area contributed by atoms with E-state index in [0.29, 0.717) is 27.9 Å². The zero-order valence-electron chi connectivity index (χ0n) is 11.9. The number of methoxy groups -OCH3 is 1. The van der Waals surface area contributed by atoms with E-state index >= 15 is 0 Å². The van der Waals surface area contributed by atoms with Crippen LogP contribution in [0.25, 0.3) is 22.2 Å². The van der Waals surface area contributed by atoms with Crippen molar-refractivity contribution in [2.45, 2.75) is 6.42 Å². The van der Waals surface area contributed by atoms with Gasteiger partial charge in [0.25, 0.3) is 0 Å². The summed E-state index contributed by atoms with van der Waals surface area (Å²) < 4.78 is 18.6. The molecule has 0 atom stereocenters. The largest absolute Gasteiger partial charge is 0.497 e. The first-order chi connectivity index (χ1) is 10.6. The van der Waals surface area contributed by atoms with E-state index < -0.39 is 5.97 Å². The minimum absolute atomic E-state index is 0.176. The van der Waals surface area contributed by atoms with Gasteiger partial charge in [-0.25, -0.2) is 4.39 Å². The van der Waals surface area contributed by atoms with Gasteiger partial charge in [-0.05, 0) is 53.6 Å². The summed E-state index contributed by atoms with van der Waals surface area (Å²) in [7, 11) is 1.58. The Hall–Kier alpha value is -2.82. The van der Waals surface area contributed by atoms with E-state index in [2.05, 4.69) is 4.98 Å². The van der Waals surface area contributed by atoms with Crippen LogP contribution in [0, 0.1) is 5.82 Å². The molecule has 1 aromatic heterocycles. The number of benzene rings is 2. The van der Waals surface area contributed by atoms with Crippen molar-refractivity contribution < 1.29 is 19.0 Å². The van der Waals surface area contributed by atoms with Crippen molar-refractivity contribution in [1.82, 2.24) is 4.98 Å². The Labute approximate surface area is 126 Å². The molecule has 0 unspecified atom stereocenters. The molecule has 0 fully saturated rings. The lowest BCUT2D eigenvalue weighted by Gasteiger charge is -2.05. The van der Waals surface area contributed by atoms with Gasteiger partial charge in [-0.15, -0.1) is 0 Å². The number of carbonyl (C=O) groups is 1. The van der Waals surface area contributed by atoms with Crippen molar-refractivity contribution in [3.05, 3.63) is 53.8 Å². The fourth-order valence-corrected chi connectivity index (χ4v) is 2.56. The first-order valence-electron chi connectivity index (χ1n) is 6.75. The van der Waals surface area contributed by atoms with E-state index in [0.717, 1.165) is 5.56 Å². The van der Waals surface area contributed by atoms with Crippen LogP contribution in [0.4, 0.5) is 4.39 Å². The summed E-state index contributed by atoms with van der Waals surface area (Å²) in [5, 5.41) is 9.73. The molecule has 0 aliphatic heterocycles. The summed E-state index contributed by atoms with van der Waals surface area (Å²) >= 11 is 0. The van der Waals surface area contributed by atoms with Crippen LogP contribution in [0.1, 0.15) is 5.56 Å². The van der Waals surface area contributed by atoms with Gasteiger partial charge in [0.2, 0.25) is 0 Å². The molecule has 4 nitrogen and oxygen atoms in total. The van der Waals surface area contributed by atoms with Gasteiger partial charge in [-0.1, -0.05) is 0 Å². The van der Waals surface area contributed by atoms with Gasteiger partial charge in [0.15, 0.2) is 0 Å². The number of carboxylic acids is 1. The number of hydrogen-bond donors (Lipinski definition) is 2. The number of aliphatic carboxylic acids is 1. The topological polar surface area (TPSA) is 62.3 Å². The smallest absolute Gasteiger partial charge is 0.307 e. The van der Waals surface area contributed by atoms with Crippen LogP contribution in [0.3, 0.4) is 0 Å². The molecule has 0 spiro atoms. The monoisotopic (exact) mass is 299 g/mol. The Morgan fingerprint density at radius 2 is 1.95 bits per heavy atom. The average molecular weight is 299 g/mol. The lowest BCUT2D eigenvalue weighted by atomic mass is 10.0. The molecule has 0 saturated carbocycles. The number of fused-ring (bicyclic) bond motifs is 1. The average Bonchev–Trinajstić information content (AvgIpc) is 2.85. The highest BCUT2D eigenvalue weighted by atomic mass is 19.1. The quantitative estimate of drug-likeness (QED) is 0.773. The summed E-state index contributed by atoms with van der Waals surface area (Å²) in [6.07, 6.45) is -0.176. The Kier molecular flexibility index (Phi) is 3.55. The fourth-order valence-electron chi connectivity index (χ4n) is 2.56. The minimum atomic E-state index is -0.958. The van der Waals surface area contributed by atoms with Gasteiger partial charge in [0.05, 0.1) is 19.2 Å². The first kappa shape index (κ1) is 14.1. The molecule has 22 heavy (non-hydrogen) atoms. The van der Waals surface area contributed by atoms with Crippen molar-refractivity contribution in [2.24, 2.45) is 0 Å². The van der Waals surface area contributed by atoms with Crippen LogP contribution in [0.2, 0.25) is 0 Å². The maximum absolute atomic E-state index is 13.5. The summed E-state index contributed by atoms with van der Waals surface area (Å²) in [5.41, 5.74) is 2.80. The molecule has 3 rings (SSSR count). The molecule has 0 radical (unpaired) electrons. The van der Waals surface area contributed by atoms with Gasteiger partial charge in [0, 0.05) is 10.9 Å². The number of halogens is 1. The third-order valence-corrected chi connectivity index (χ3v) is 3.57. The lowest BCUT2D eigenvalue weighted by molar-refractivity contribution is -0.136. The number of carboxylic acid groups (broad SMARTS) is 1. The number of ether oxygens (including phenoxy) is 1. The molecule has 1 heterocycles. The van der Waals surface area contributed by atoms with Gasteiger partial charge in [-0.2, -0.15) is 0 Å². The lowest BCUT2D eigenvalue weighted by Crippen LogP contribution is -2.01. The summed E-state index contributed by atoms with van der Waals surface area (Å²) in [6, 6.07) is 11.6. The molecule has 5 heteroatoms. The van der Waals surface area contributed by atoms with Crippen molar-refractivity contribution in [3.8, 4) is 17.0 Å². The molecule has 2 N–H and O–H groups in total. The van der Waals surface area contributed by atoms with Crippen LogP contribution < -0.4 is 4.74 Å². The Morgan fingerprint density at radius 3 is 2.59 bits per heavy atom. The Morgan fingerprint density at radius 1 is 1.23 bits per heavy atom. The van der Waals surface area contributed by atoms with Gasteiger partial charge >= 0.3 is 5.97 Å². The molecule has 0 amide bonds. The SMILES string of the molecule is COc1ccc(-c2[nH]c3ccc(F)cc3c2CC(=O)O)cc1. The highest BCUT2D eigenvalue weighted by Gasteiger charge is 2.16. The summed E-state index contributed by atoms with van der Waals surface area (Å²) in [4.78, 5) is 14.3. The second kappa shape index (κ2) is 5.52. The van der Waals surface area contributed by atoms with Gasteiger partial charge in [0.1, 0.15) is 11.6 Å². The highest BCUT2D eigenvalue weighted by Crippen LogP contribution is 2.32. The molecule has 0 bridgehead atoms. The van der Waals surface area contributed by atoms with E-state index in [1.807, 2.05) is 12.1 Å². The summed E-state index contributed by atoms with van der Waals surface area (Å²) in [6.45, 7) is 0. The van der Waals surface area contributed by atoms with Crippen LogP contribution in [-0.4, -0.2) is 23.2 Å². The van der Waals surface area contributed by atoms with Gasteiger partial charge < -0.3 is 14.8 Å². The van der Waals surface area contributed by atoms with E-state index in [1.165, 1.54) is 12.1 Å². The normalized spacial score (nSPS) is 10.8. The van der Waals surface area contributed by atoms with Crippen LogP contribution in [0.5, 0.6) is 5.75 Å². The fraction of sp³-hybridized carbons (Fsp3) is 0.118. The molecule has 0 aliphatic carbocycles. The third-order valence-electron chi connectivity index (χ3n) is 3.57. The number of H-pyrrole nitrogens is 1. The predicted molar refractivity (Wildman–Crippen MR) is 81.6 cm³/mol. The van der Waals surface area contributed by atoms with Crippen LogP contribution in [-0.2, 0) is 11.2 Å². The molecular weight excluding hydrogens is 285 g/mol. The van der Waals surface area contributed by atoms with E-state index in [1.54, 1.807) is 25.3 Å². The molecule has 3 aromatic rings. The van der Waals surface area contributed by atoms with Crippen LogP contribution >= 0.6 is 0 Å². The van der Waals surface area contributed by atoms with Crippen molar-refractivity contribution in [3.63, 3.8) is 0 Å². The molecular formula is C17H14FNO3. The zero-order chi connectivity index (χ0) is 15.7. The number of aromatic nitrogens is 1. The highest BCUT2D eigenvalue weighted by molar-refractivity contribution is 5.94. The second-order valence-corrected chi connectivity index (χ2v) is 4.97. The third kappa shape index (κ3) is 2.53. The summed E-state index contributed by atoms with van der Waals surface area (Å²) in [5.74, 6) is -0.634. The van der Waals surface area contributed by atoms with Crippen LogP contribution in [0.15, 0.2) is 42.5 Å². The number of nitrogens with one attached hydrogen (secondary N) is 1. The number of hydrogen-bond acceptors (Lipinski definition) is 2. The molecule has 2 aromatic carbocycles. The van der Waals surface area contributed by atoms with E-state index in [-0.39, 0.29) is 12.2 Å². The molecule has 0 saturated heterocycles. The maximum atomic E-state index is 13.5. The van der Waals surface area contributed by atoms with Gasteiger partial charge in [-0.3, -0.25) is 4.79 Å². The van der Waals surface area contributed by atoms with Crippen molar-refractivity contribution in [1.29, 1.82) is 0 Å². The van der Waals surface area contributed by atoms with Crippen molar-refractivity contribution in [2.75, 3.05) is 7.11 Å². The first-order valence-corrected chi connectivity index (χ1v) is 6.75. The zero-order valence-corrected chi connectivity index (χ0v) is 11.9. The number of aromatic amines is 1. The maximum Gasteiger partial charge on any atom is 0.307 e. The Balaban J connectivity index is 2.20. The predicted octanol–water partition coefficient (Wildman–Crippen LogP) is 3.61. The van der Waals surface area contributed by atoms with E-state index in [9.17, 15) is 9.18 Å². The number of rotatable bonds is 4. The van der Waals surface area contributed by atoms with E-state index in [4.69, 9.17) is 9.84 Å². The minimum Gasteiger partial charge on any atom is -0.497 e. The standard InChI is InChI=1S/C17H14FNO3/c1-22-12-5-2-10(3-6-12)17-14(9-16(20)21)13-8-11(18)4-7-15(13)19-17/h2-8,19H,9H2,1H3,(H,20,21).